The number of anilines is 1. The molecule has 4 rings (SSSR count). The Kier molecular flexibility index (Phi) is 10.7. The van der Waals surface area contributed by atoms with E-state index >= 15 is 0 Å². The molecule has 0 radical (unpaired) electrons. The van der Waals surface area contributed by atoms with Crippen molar-refractivity contribution in [2.24, 2.45) is 10.9 Å². The highest BCUT2D eigenvalue weighted by Gasteiger charge is 2.54. The number of nitrogens with two attached hydrogens (primary N) is 2. The second-order valence-electron chi connectivity index (χ2n) is 8.92. The number of benzene rings is 1. The highest BCUT2D eigenvalue weighted by Crippen LogP contribution is 2.41. The van der Waals surface area contributed by atoms with Gasteiger partial charge in [0.25, 0.3) is 11.8 Å². The van der Waals surface area contributed by atoms with Crippen molar-refractivity contribution in [2.45, 2.75) is 24.8 Å². The van der Waals surface area contributed by atoms with Gasteiger partial charge in [0, 0.05) is 11.1 Å². The van der Waals surface area contributed by atoms with E-state index in [2.05, 4.69) is 15.5 Å². The number of allylic oxidation sites excluding steroid dienone is 2. The zero-order valence-electron chi connectivity index (χ0n) is 23.5. The Labute approximate surface area is 259 Å². The van der Waals surface area contributed by atoms with Crippen LogP contribution in [-0.4, -0.2) is 82.9 Å². The van der Waals surface area contributed by atoms with Crippen LogP contribution in [-0.2, 0) is 33.5 Å². The fraction of sp³-hybridized carbons (Fsp3) is 0.296. The number of esters is 3. The maximum Gasteiger partial charge on any atom is 0.358 e. The molecule has 44 heavy (non-hydrogen) atoms. The molecule has 0 saturated carbocycles. The molecule has 1 unspecified atom stereocenters. The first-order valence-corrected chi connectivity index (χ1v) is 14.9. The summed E-state index contributed by atoms with van der Waals surface area (Å²) in [5.41, 5.74) is 11.5. The summed E-state index contributed by atoms with van der Waals surface area (Å²) in [4.78, 5) is 73.3. The fourth-order valence-electron chi connectivity index (χ4n) is 4.04. The van der Waals surface area contributed by atoms with Crippen LogP contribution in [0.5, 0.6) is 5.75 Å². The van der Waals surface area contributed by atoms with E-state index in [1.807, 2.05) is 13.0 Å². The number of hydrogen-bond acceptors (Lipinski definition) is 15. The fourth-order valence-corrected chi connectivity index (χ4v) is 5.91. The Morgan fingerprint density at radius 2 is 1.91 bits per heavy atom. The second-order valence-corrected chi connectivity index (χ2v) is 10.9. The molecule has 2 amide bonds. The van der Waals surface area contributed by atoms with Gasteiger partial charge in [-0.3, -0.25) is 19.3 Å². The largest absolute Gasteiger partial charge is 0.426 e. The lowest BCUT2D eigenvalue weighted by atomic mass is 10.0. The van der Waals surface area contributed by atoms with Crippen molar-refractivity contribution < 1.29 is 43.0 Å². The third kappa shape index (κ3) is 7.24. The van der Waals surface area contributed by atoms with Gasteiger partial charge < -0.3 is 35.8 Å². The molecule has 0 bridgehead atoms. The van der Waals surface area contributed by atoms with Crippen molar-refractivity contribution in [3.63, 3.8) is 0 Å². The number of amides is 2. The monoisotopic (exact) mass is 644 g/mol. The second kappa shape index (κ2) is 14.6. The number of nitrogens with one attached hydrogen (secondary N) is 1. The van der Waals surface area contributed by atoms with Gasteiger partial charge in [-0.05, 0) is 36.3 Å². The third-order valence-electron chi connectivity index (χ3n) is 6.06. The number of thiazole rings is 1. The zero-order valence-corrected chi connectivity index (χ0v) is 25.1. The summed E-state index contributed by atoms with van der Waals surface area (Å²) in [6.07, 6.45) is 4.23. The van der Waals surface area contributed by atoms with Crippen LogP contribution < -0.4 is 21.5 Å². The summed E-state index contributed by atoms with van der Waals surface area (Å²) in [5, 5.41) is 7.50. The van der Waals surface area contributed by atoms with Crippen LogP contribution in [0.25, 0.3) is 0 Å². The summed E-state index contributed by atoms with van der Waals surface area (Å²) >= 11 is 2.46. The van der Waals surface area contributed by atoms with E-state index in [1.165, 1.54) is 53.4 Å². The van der Waals surface area contributed by atoms with Crippen molar-refractivity contribution in [2.75, 3.05) is 31.9 Å². The number of fused-ring (bicyclic) bond motifs is 1. The van der Waals surface area contributed by atoms with Crippen LogP contribution in [0.4, 0.5) is 5.13 Å². The van der Waals surface area contributed by atoms with E-state index in [0.29, 0.717) is 17.7 Å². The Balaban J connectivity index is 1.41. The number of nitrogen functional groups attached to an aromatic ring is 1. The molecule has 2 aliphatic heterocycles. The van der Waals surface area contributed by atoms with E-state index in [4.69, 9.17) is 30.5 Å². The van der Waals surface area contributed by atoms with Crippen molar-refractivity contribution >= 4 is 63.7 Å². The minimum absolute atomic E-state index is 0.0193. The topological polar surface area (TPSA) is 215 Å². The molecule has 2 atom stereocenters. The summed E-state index contributed by atoms with van der Waals surface area (Å²) in [6.45, 7) is 0.883. The summed E-state index contributed by atoms with van der Waals surface area (Å²) < 4.78 is 15.2. The number of β-lactam (4-membered cyclic amide) rings is 1. The standard InChI is InChI=1S/C27H28N6O9S2/c1-3-4-5-15-11-43-24-20(31-22(35)19(32-39-2)17-12-44-27(29)30-17)23(36)33(24)21(15)26(38)41-13-40-25(37)14-6-8-16(9-7-14)42-18(34)10-28/h4-9,12,20,24H,3,10-11,13,28H2,1-2H3,(H2,29,30)(H,31,35)/b5-4-,32-19-/t20?,24-/m0/s1. The first-order valence-electron chi connectivity index (χ1n) is 13.0. The van der Waals surface area contributed by atoms with Crippen LogP contribution in [0.2, 0.25) is 0 Å². The molecule has 0 aliphatic carbocycles. The lowest BCUT2D eigenvalue weighted by Crippen LogP contribution is -2.71. The van der Waals surface area contributed by atoms with E-state index in [1.54, 1.807) is 6.08 Å². The lowest BCUT2D eigenvalue weighted by molar-refractivity contribution is -0.157. The molecule has 2 aliphatic rings. The Morgan fingerprint density at radius 1 is 1.18 bits per heavy atom. The Hall–Kier alpha value is -4.74. The molecular formula is C27H28N6O9S2. The summed E-state index contributed by atoms with van der Waals surface area (Å²) in [5.74, 6) is -3.06. The van der Waals surface area contributed by atoms with E-state index in [-0.39, 0.29) is 40.1 Å². The molecule has 0 spiro atoms. The number of ether oxygens (including phenoxy) is 3. The zero-order chi connectivity index (χ0) is 31.8. The summed E-state index contributed by atoms with van der Waals surface area (Å²) in [6, 6.07) is 4.52. The molecule has 1 aromatic heterocycles. The van der Waals surface area contributed by atoms with Crippen molar-refractivity contribution in [3.8, 4) is 5.75 Å². The van der Waals surface area contributed by atoms with Crippen LogP contribution >= 0.6 is 23.1 Å². The number of aromatic nitrogens is 1. The van der Waals surface area contributed by atoms with Gasteiger partial charge in [0.1, 0.15) is 35.7 Å². The normalized spacial score (nSPS) is 17.9. The highest BCUT2D eigenvalue weighted by molar-refractivity contribution is 8.00. The number of nitrogens with zero attached hydrogens (tertiary/aromatic N) is 3. The molecule has 15 nitrogen and oxygen atoms in total. The minimum atomic E-state index is -0.977. The van der Waals surface area contributed by atoms with Gasteiger partial charge in [0.2, 0.25) is 6.79 Å². The SMILES string of the molecule is CC/C=C\C1=C(C(=O)OCOC(=O)c2ccc(OC(=O)CN)cc2)N2C(=O)C(NC(=O)/C(=N\OC)c3csc(N)n3)[C@@H]2SC1. The van der Waals surface area contributed by atoms with Crippen molar-refractivity contribution in [1.82, 2.24) is 15.2 Å². The number of rotatable bonds is 12. The van der Waals surface area contributed by atoms with Crippen LogP contribution in [0.15, 0.2) is 58.2 Å². The van der Waals surface area contributed by atoms with Gasteiger partial charge in [-0.25, -0.2) is 14.6 Å². The molecule has 1 fully saturated rings. The number of hydrogen-bond donors (Lipinski definition) is 3. The molecular weight excluding hydrogens is 616 g/mol. The van der Waals surface area contributed by atoms with Crippen molar-refractivity contribution in [1.29, 1.82) is 0 Å². The quantitative estimate of drug-likeness (QED) is 0.0733. The van der Waals surface area contributed by atoms with E-state index < -0.39 is 47.9 Å². The number of carbonyl (C=O) groups excluding carboxylic acids is 5. The predicted molar refractivity (Wildman–Crippen MR) is 159 cm³/mol. The number of carbonyl (C=O) groups is 5. The minimum Gasteiger partial charge on any atom is -0.426 e. The summed E-state index contributed by atoms with van der Waals surface area (Å²) in [7, 11) is 1.26. The third-order valence-corrected chi connectivity index (χ3v) is 8.04. The molecule has 1 aromatic carbocycles. The first kappa shape index (κ1) is 32.2. The van der Waals surface area contributed by atoms with Gasteiger partial charge in [-0.15, -0.1) is 23.1 Å². The van der Waals surface area contributed by atoms with Gasteiger partial charge in [0.15, 0.2) is 10.8 Å². The maximum absolute atomic E-state index is 13.3. The average Bonchev–Trinajstić information content (AvgIpc) is 3.46. The predicted octanol–water partition coefficient (Wildman–Crippen LogP) is 0.918. The number of thioether (sulfide) groups is 1. The molecule has 17 heteroatoms. The molecule has 5 N–H and O–H groups in total. The van der Waals surface area contributed by atoms with Gasteiger partial charge in [-0.2, -0.15) is 0 Å². The Bertz CT molecular complexity index is 1540. The highest BCUT2D eigenvalue weighted by atomic mass is 32.2. The molecule has 1 saturated heterocycles. The number of oxime groups is 1. The average molecular weight is 645 g/mol. The van der Waals surface area contributed by atoms with Crippen LogP contribution in [0.1, 0.15) is 29.4 Å². The smallest absolute Gasteiger partial charge is 0.358 e. The van der Waals surface area contributed by atoms with E-state index in [9.17, 15) is 24.0 Å². The van der Waals surface area contributed by atoms with Gasteiger partial charge >= 0.3 is 17.9 Å². The molecule has 232 valence electrons. The van der Waals surface area contributed by atoms with Gasteiger partial charge in [0.05, 0.1) is 12.1 Å². The van der Waals surface area contributed by atoms with Crippen LogP contribution in [0, 0.1) is 0 Å². The van der Waals surface area contributed by atoms with Gasteiger partial charge in [-0.1, -0.05) is 24.2 Å². The van der Waals surface area contributed by atoms with E-state index in [0.717, 1.165) is 11.3 Å². The molecule has 3 heterocycles. The lowest BCUT2D eigenvalue weighted by Gasteiger charge is -2.49. The van der Waals surface area contributed by atoms with Crippen molar-refractivity contribution in [3.05, 3.63) is 64.3 Å². The Morgan fingerprint density at radius 3 is 2.55 bits per heavy atom. The maximum atomic E-state index is 13.3. The first-order chi connectivity index (χ1) is 21.2. The van der Waals surface area contributed by atoms with Crippen LogP contribution in [0.3, 0.4) is 0 Å². The molecule has 2 aromatic rings.